The van der Waals surface area contributed by atoms with E-state index in [9.17, 15) is 22.8 Å². The minimum Gasteiger partial charge on any atom is -0.377 e. The molecule has 6 nitrogen and oxygen atoms in total. The molecule has 9 heteroatoms. The molecule has 0 heterocycles. The number of nitrogens with zero attached hydrogens (tertiary/aromatic N) is 1. The first-order chi connectivity index (χ1) is 16.1. The van der Waals surface area contributed by atoms with Crippen LogP contribution >= 0.6 is 0 Å². The van der Waals surface area contributed by atoms with Crippen molar-refractivity contribution in [1.29, 1.82) is 0 Å². The van der Waals surface area contributed by atoms with Gasteiger partial charge >= 0.3 is 12.2 Å². The van der Waals surface area contributed by atoms with E-state index in [1.165, 1.54) is 12.1 Å². The van der Waals surface area contributed by atoms with Crippen LogP contribution in [0.3, 0.4) is 0 Å². The van der Waals surface area contributed by atoms with Gasteiger partial charge in [0.2, 0.25) is 0 Å². The Morgan fingerprint density at radius 2 is 1.47 bits per heavy atom. The lowest BCUT2D eigenvalue weighted by molar-refractivity contribution is -0.137. The maximum atomic E-state index is 12.8. The number of halogens is 3. The van der Waals surface area contributed by atoms with E-state index in [0.29, 0.717) is 29.9 Å². The Hall–Kier alpha value is -4.01. The minimum absolute atomic E-state index is 0.203. The summed E-state index contributed by atoms with van der Waals surface area (Å²) < 4.78 is 38.1. The molecule has 3 N–H and O–H groups in total. The number of nitrogens with one attached hydrogen (secondary N) is 3. The van der Waals surface area contributed by atoms with Crippen LogP contribution in [0.15, 0.2) is 72.8 Å². The summed E-state index contributed by atoms with van der Waals surface area (Å²) in [7, 11) is 3.61. The highest BCUT2D eigenvalue weighted by molar-refractivity contribution is 6.04. The fourth-order valence-electron chi connectivity index (χ4n) is 3.28. The summed E-state index contributed by atoms with van der Waals surface area (Å²) in [5, 5.41) is 7.98. The second-order valence-electron chi connectivity index (χ2n) is 7.77. The van der Waals surface area contributed by atoms with Gasteiger partial charge in [0.05, 0.1) is 11.1 Å². The summed E-state index contributed by atoms with van der Waals surface area (Å²) in [6, 6.07) is 18.1. The fourth-order valence-corrected chi connectivity index (χ4v) is 3.28. The molecule has 0 saturated carbocycles. The molecule has 0 aliphatic heterocycles. The quantitative estimate of drug-likeness (QED) is 0.434. The molecule has 34 heavy (non-hydrogen) atoms. The molecule has 3 rings (SSSR count). The molecule has 0 saturated heterocycles. The Labute approximate surface area is 195 Å². The maximum absolute atomic E-state index is 12.8. The highest BCUT2D eigenvalue weighted by Crippen LogP contribution is 2.30. The van der Waals surface area contributed by atoms with Gasteiger partial charge in [-0.1, -0.05) is 30.3 Å². The third kappa shape index (κ3) is 6.74. The summed E-state index contributed by atoms with van der Waals surface area (Å²) in [6.07, 6.45) is -3.77. The molecular weight excluding hydrogens is 445 g/mol. The van der Waals surface area contributed by atoms with Crippen LogP contribution in [0.25, 0.3) is 0 Å². The lowest BCUT2D eigenvalue weighted by Crippen LogP contribution is -2.28. The van der Waals surface area contributed by atoms with Gasteiger partial charge in [-0.15, -0.1) is 0 Å². The molecular formula is C25H25F3N4O2. The zero-order valence-electron chi connectivity index (χ0n) is 18.7. The van der Waals surface area contributed by atoms with Gasteiger partial charge in [0.1, 0.15) is 0 Å². The average Bonchev–Trinajstić information content (AvgIpc) is 2.79. The van der Waals surface area contributed by atoms with Crippen molar-refractivity contribution in [2.75, 3.05) is 36.2 Å². The van der Waals surface area contributed by atoms with Crippen molar-refractivity contribution in [2.24, 2.45) is 0 Å². The highest BCUT2D eigenvalue weighted by atomic mass is 19.4. The molecule has 0 spiro atoms. The molecule has 0 bridgehead atoms. The van der Waals surface area contributed by atoms with Crippen molar-refractivity contribution >= 4 is 29.0 Å². The number of amides is 3. The zero-order chi connectivity index (χ0) is 24.7. The number of rotatable bonds is 7. The lowest BCUT2D eigenvalue weighted by Gasteiger charge is -2.19. The summed E-state index contributed by atoms with van der Waals surface area (Å²) in [6.45, 7) is 0.446. The number of alkyl halides is 3. The highest BCUT2D eigenvalue weighted by Gasteiger charge is 2.30. The standard InChI is InChI=1S/C25H25F3N4O2/c1-32(2)22-13-12-20(16-21(22)23(33)29-15-14-17-6-4-3-5-7-17)31-24(34)30-19-10-8-18(9-11-19)25(26,27)28/h3-13,16H,14-15H2,1-2H3,(H,29,33)(H2,30,31,34). The second-order valence-corrected chi connectivity index (χ2v) is 7.77. The summed E-state index contributed by atoms with van der Waals surface area (Å²) >= 11 is 0. The number of hydrogen-bond donors (Lipinski definition) is 3. The third-order valence-electron chi connectivity index (χ3n) is 4.99. The van der Waals surface area contributed by atoms with E-state index in [0.717, 1.165) is 17.7 Å². The van der Waals surface area contributed by atoms with Crippen LogP contribution in [0.1, 0.15) is 21.5 Å². The van der Waals surface area contributed by atoms with Gasteiger partial charge in [-0.2, -0.15) is 13.2 Å². The van der Waals surface area contributed by atoms with Gasteiger partial charge in [-0.05, 0) is 54.4 Å². The molecule has 0 aliphatic carbocycles. The third-order valence-corrected chi connectivity index (χ3v) is 4.99. The number of hydrogen-bond acceptors (Lipinski definition) is 3. The van der Waals surface area contributed by atoms with E-state index in [-0.39, 0.29) is 11.6 Å². The SMILES string of the molecule is CN(C)c1ccc(NC(=O)Nc2ccc(C(F)(F)F)cc2)cc1C(=O)NCCc1ccccc1. The van der Waals surface area contributed by atoms with Crippen LogP contribution in [0, 0.1) is 0 Å². The topological polar surface area (TPSA) is 73.5 Å². The van der Waals surface area contributed by atoms with Crippen LogP contribution in [-0.2, 0) is 12.6 Å². The van der Waals surface area contributed by atoms with Gasteiger partial charge in [-0.25, -0.2) is 4.79 Å². The number of carbonyl (C=O) groups is 2. The minimum atomic E-state index is -4.45. The molecule has 0 atom stereocenters. The van der Waals surface area contributed by atoms with Crippen LogP contribution in [0.4, 0.5) is 35.0 Å². The largest absolute Gasteiger partial charge is 0.416 e. The van der Waals surface area contributed by atoms with E-state index in [2.05, 4.69) is 16.0 Å². The molecule has 0 aromatic heterocycles. The predicted molar refractivity (Wildman–Crippen MR) is 127 cm³/mol. The maximum Gasteiger partial charge on any atom is 0.416 e. The first-order valence-corrected chi connectivity index (χ1v) is 10.5. The Morgan fingerprint density at radius 1 is 0.853 bits per heavy atom. The second kappa shape index (κ2) is 10.7. The van der Waals surface area contributed by atoms with Crippen molar-refractivity contribution in [3.63, 3.8) is 0 Å². The van der Waals surface area contributed by atoms with E-state index in [1.54, 1.807) is 37.2 Å². The molecule has 3 aromatic rings. The normalized spacial score (nSPS) is 11.0. The lowest BCUT2D eigenvalue weighted by atomic mass is 10.1. The van der Waals surface area contributed by atoms with Crippen molar-refractivity contribution in [2.45, 2.75) is 12.6 Å². The zero-order valence-corrected chi connectivity index (χ0v) is 18.7. The monoisotopic (exact) mass is 470 g/mol. The van der Waals surface area contributed by atoms with Crippen molar-refractivity contribution in [3.8, 4) is 0 Å². The van der Waals surface area contributed by atoms with Gasteiger partial charge in [0.15, 0.2) is 0 Å². The Bertz CT molecular complexity index is 1130. The van der Waals surface area contributed by atoms with Crippen LogP contribution in [-0.4, -0.2) is 32.6 Å². The average molecular weight is 470 g/mol. The van der Waals surface area contributed by atoms with E-state index >= 15 is 0 Å². The van der Waals surface area contributed by atoms with Gasteiger partial charge in [0.25, 0.3) is 5.91 Å². The molecule has 178 valence electrons. The van der Waals surface area contributed by atoms with Crippen LogP contribution < -0.4 is 20.9 Å². The summed E-state index contributed by atoms with van der Waals surface area (Å²) in [5.74, 6) is -0.286. The van der Waals surface area contributed by atoms with Crippen molar-refractivity contribution in [1.82, 2.24) is 5.32 Å². The molecule has 0 unspecified atom stereocenters. The van der Waals surface area contributed by atoms with Crippen molar-refractivity contribution < 1.29 is 22.8 Å². The first kappa shape index (κ1) is 24.6. The van der Waals surface area contributed by atoms with Crippen LogP contribution in [0.5, 0.6) is 0 Å². The number of benzene rings is 3. The van der Waals surface area contributed by atoms with E-state index < -0.39 is 17.8 Å². The molecule has 0 fully saturated rings. The molecule has 3 amide bonds. The van der Waals surface area contributed by atoms with Gasteiger partial charge in [0, 0.05) is 37.7 Å². The van der Waals surface area contributed by atoms with Gasteiger partial charge in [-0.3, -0.25) is 4.79 Å². The van der Waals surface area contributed by atoms with Gasteiger partial charge < -0.3 is 20.9 Å². The predicted octanol–water partition coefficient (Wildman–Crippen LogP) is 5.39. The van der Waals surface area contributed by atoms with Crippen molar-refractivity contribution in [3.05, 3.63) is 89.5 Å². The number of anilines is 3. The summed E-state index contributed by atoms with van der Waals surface area (Å²) in [4.78, 5) is 27.0. The number of carbonyl (C=O) groups excluding carboxylic acids is 2. The first-order valence-electron chi connectivity index (χ1n) is 10.5. The van der Waals surface area contributed by atoms with E-state index in [4.69, 9.17) is 0 Å². The number of urea groups is 1. The van der Waals surface area contributed by atoms with E-state index in [1.807, 2.05) is 30.3 Å². The molecule has 0 radical (unpaired) electrons. The Balaban J connectivity index is 1.66. The Morgan fingerprint density at radius 3 is 2.09 bits per heavy atom. The molecule has 3 aromatic carbocycles. The smallest absolute Gasteiger partial charge is 0.377 e. The summed E-state index contributed by atoms with van der Waals surface area (Å²) in [5.41, 5.74) is 1.92. The van der Waals surface area contributed by atoms with Crippen LogP contribution in [0.2, 0.25) is 0 Å². The fraction of sp³-hybridized carbons (Fsp3) is 0.200. The molecule has 0 aliphatic rings. The Kier molecular flexibility index (Phi) is 7.78.